The number of carbonyl (C=O) groups is 1. The summed E-state index contributed by atoms with van der Waals surface area (Å²) in [5.74, 6) is -1.86. The summed E-state index contributed by atoms with van der Waals surface area (Å²) in [7, 11) is 0. The van der Waals surface area contributed by atoms with Gasteiger partial charge in [0.15, 0.2) is 11.6 Å². The highest BCUT2D eigenvalue weighted by Gasteiger charge is 2.22. The maximum absolute atomic E-state index is 13.1. The number of hydrogen-bond acceptors (Lipinski definition) is 2. The third-order valence-electron chi connectivity index (χ3n) is 3.43. The minimum absolute atomic E-state index is 0.0862. The smallest absolute Gasteiger partial charge is 0.237 e. The first-order valence-corrected chi connectivity index (χ1v) is 6.56. The molecular formula is C14H18F2N2O. The van der Waals surface area contributed by atoms with Gasteiger partial charge in [-0.25, -0.2) is 8.78 Å². The van der Waals surface area contributed by atoms with Gasteiger partial charge in [-0.05, 0) is 44.0 Å². The first-order chi connectivity index (χ1) is 9.08. The molecule has 2 N–H and O–H groups in total. The van der Waals surface area contributed by atoms with Crippen LogP contribution in [0.1, 0.15) is 37.8 Å². The average molecular weight is 268 g/mol. The van der Waals surface area contributed by atoms with Gasteiger partial charge in [0.25, 0.3) is 0 Å². The van der Waals surface area contributed by atoms with Crippen molar-refractivity contribution in [1.82, 2.24) is 10.6 Å². The van der Waals surface area contributed by atoms with Crippen LogP contribution in [0, 0.1) is 11.6 Å². The maximum atomic E-state index is 13.1. The van der Waals surface area contributed by atoms with Gasteiger partial charge in [0.2, 0.25) is 5.91 Å². The molecule has 1 amide bonds. The highest BCUT2D eigenvalue weighted by Crippen LogP contribution is 2.16. The predicted molar refractivity (Wildman–Crippen MR) is 68.6 cm³/mol. The normalized spacial score (nSPS) is 20.9. The van der Waals surface area contributed by atoms with Crippen molar-refractivity contribution < 1.29 is 13.6 Å². The Morgan fingerprint density at radius 1 is 1.37 bits per heavy atom. The molecule has 0 aromatic heterocycles. The molecule has 1 aromatic carbocycles. The van der Waals surface area contributed by atoms with Crippen LogP contribution in [0.15, 0.2) is 18.2 Å². The molecule has 1 unspecified atom stereocenters. The SMILES string of the molecule is CC(NC(=O)[C@H]1CCCCN1)c1ccc(F)c(F)c1. The van der Waals surface area contributed by atoms with Crippen molar-refractivity contribution in [3.63, 3.8) is 0 Å². The number of hydrogen-bond donors (Lipinski definition) is 2. The van der Waals surface area contributed by atoms with Gasteiger partial charge in [-0.3, -0.25) is 4.79 Å². The fourth-order valence-corrected chi connectivity index (χ4v) is 2.25. The summed E-state index contributed by atoms with van der Waals surface area (Å²) >= 11 is 0. The van der Waals surface area contributed by atoms with Gasteiger partial charge < -0.3 is 10.6 Å². The molecule has 104 valence electrons. The number of rotatable bonds is 3. The van der Waals surface area contributed by atoms with Gasteiger partial charge in [-0.1, -0.05) is 12.5 Å². The first kappa shape index (κ1) is 13.9. The summed E-state index contributed by atoms with van der Waals surface area (Å²) in [5, 5.41) is 5.97. The van der Waals surface area contributed by atoms with Gasteiger partial charge in [-0.15, -0.1) is 0 Å². The van der Waals surface area contributed by atoms with E-state index in [0.717, 1.165) is 37.9 Å². The van der Waals surface area contributed by atoms with E-state index in [1.807, 2.05) is 0 Å². The number of halogens is 2. The van der Waals surface area contributed by atoms with Crippen molar-refractivity contribution in [3.8, 4) is 0 Å². The van der Waals surface area contributed by atoms with Crippen LogP contribution in [0.25, 0.3) is 0 Å². The Hall–Kier alpha value is -1.49. The molecule has 0 aliphatic carbocycles. The summed E-state index contributed by atoms with van der Waals surface area (Å²) in [6.07, 6.45) is 2.93. The molecule has 0 radical (unpaired) electrons. The molecule has 2 rings (SSSR count). The van der Waals surface area contributed by atoms with E-state index in [-0.39, 0.29) is 18.0 Å². The Kier molecular flexibility index (Phi) is 4.47. The van der Waals surface area contributed by atoms with Crippen LogP contribution < -0.4 is 10.6 Å². The molecule has 1 fully saturated rings. The molecule has 2 atom stereocenters. The molecule has 0 bridgehead atoms. The van der Waals surface area contributed by atoms with Gasteiger partial charge >= 0.3 is 0 Å². The summed E-state index contributed by atoms with van der Waals surface area (Å²) in [5.41, 5.74) is 0.558. The first-order valence-electron chi connectivity index (χ1n) is 6.56. The van der Waals surface area contributed by atoms with Crippen LogP contribution in [0.3, 0.4) is 0 Å². The van der Waals surface area contributed by atoms with E-state index in [1.165, 1.54) is 6.07 Å². The standard InChI is InChI=1S/C14H18F2N2O/c1-9(10-5-6-11(15)12(16)8-10)18-14(19)13-4-2-3-7-17-13/h5-6,8-9,13,17H,2-4,7H2,1H3,(H,18,19)/t9?,13-/m1/s1. The van der Waals surface area contributed by atoms with Crippen LogP contribution in [0.4, 0.5) is 8.78 Å². The zero-order valence-electron chi connectivity index (χ0n) is 10.9. The zero-order chi connectivity index (χ0) is 13.8. The lowest BCUT2D eigenvalue weighted by atomic mass is 10.0. The Balaban J connectivity index is 1.97. The van der Waals surface area contributed by atoms with E-state index < -0.39 is 11.6 Å². The van der Waals surface area contributed by atoms with E-state index in [1.54, 1.807) is 6.92 Å². The van der Waals surface area contributed by atoms with Gasteiger partial charge in [0, 0.05) is 0 Å². The summed E-state index contributed by atoms with van der Waals surface area (Å²) in [6, 6.07) is 3.16. The highest BCUT2D eigenvalue weighted by molar-refractivity contribution is 5.82. The lowest BCUT2D eigenvalue weighted by molar-refractivity contribution is -0.124. The fourth-order valence-electron chi connectivity index (χ4n) is 2.25. The van der Waals surface area contributed by atoms with E-state index in [4.69, 9.17) is 0 Å². The molecule has 0 saturated carbocycles. The fraction of sp³-hybridized carbons (Fsp3) is 0.500. The van der Waals surface area contributed by atoms with E-state index in [0.29, 0.717) is 5.56 Å². The molecule has 1 saturated heterocycles. The van der Waals surface area contributed by atoms with Crippen molar-refractivity contribution in [1.29, 1.82) is 0 Å². The number of carbonyl (C=O) groups excluding carboxylic acids is 1. The van der Waals surface area contributed by atoms with E-state index >= 15 is 0 Å². The lowest BCUT2D eigenvalue weighted by Gasteiger charge is -2.24. The van der Waals surface area contributed by atoms with Crippen molar-refractivity contribution >= 4 is 5.91 Å². The van der Waals surface area contributed by atoms with Crippen LogP contribution in [0.5, 0.6) is 0 Å². The van der Waals surface area contributed by atoms with Crippen molar-refractivity contribution in [2.45, 2.75) is 38.3 Å². The molecule has 19 heavy (non-hydrogen) atoms. The Morgan fingerprint density at radius 2 is 2.16 bits per heavy atom. The molecular weight excluding hydrogens is 250 g/mol. The molecule has 1 aliphatic heterocycles. The number of nitrogens with one attached hydrogen (secondary N) is 2. The second-order valence-electron chi connectivity index (χ2n) is 4.91. The third kappa shape index (κ3) is 3.50. The minimum Gasteiger partial charge on any atom is -0.348 e. The van der Waals surface area contributed by atoms with Crippen molar-refractivity contribution in [3.05, 3.63) is 35.4 Å². The van der Waals surface area contributed by atoms with E-state index in [2.05, 4.69) is 10.6 Å². The van der Waals surface area contributed by atoms with Gasteiger partial charge in [0.05, 0.1) is 12.1 Å². The maximum Gasteiger partial charge on any atom is 0.237 e. The molecule has 1 aliphatic rings. The van der Waals surface area contributed by atoms with Crippen molar-refractivity contribution in [2.75, 3.05) is 6.54 Å². The third-order valence-corrected chi connectivity index (χ3v) is 3.43. The topological polar surface area (TPSA) is 41.1 Å². The number of benzene rings is 1. The van der Waals surface area contributed by atoms with Gasteiger partial charge in [0.1, 0.15) is 0 Å². The Morgan fingerprint density at radius 3 is 2.79 bits per heavy atom. The lowest BCUT2D eigenvalue weighted by Crippen LogP contribution is -2.47. The highest BCUT2D eigenvalue weighted by atomic mass is 19.2. The quantitative estimate of drug-likeness (QED) is 0.883. The summed E-state index contributed by atoms with van der Waals surface area (Å²) in [6.45, 7) is 2.60. The van der Waals surface area contributed by atoms with Crippen LogP contribution in [-0.4, -0.2) is 18.5 Å². The number of piperidine rings is 1. The van der Waals surface area contributed by atoms with Crippen LogP contribution in [0.2, 0.25) is 0 Å². The van der Waals surface area contributed by atoms with Crippen LogP contribution >= 0.6 is 0 Å². The monoisotopic (exact) mass is 268 g/mol. The Bertz CT molecular complexity index is 459. The largest absolute Gasteiger partial charge is 0.348 e. The van der Waals surface area contributed by atoms with Crippen LogP contribution in [-0.2, 0) is 4.79 Å². The number of amides is 1. The van der Waals surface area contributed by atoms with Crippen molar-refractivity contribution in [2.24, 2.45) is 0 Å². The predicted octanol–water partition coefficient (Wildman–Crippen LogP) is 2.28. The summed E-state index contributed by atoms with van der Waals surface area (Å²) in [4.78, 5) is 12.0. The average Bonchev–Trinajstić information content (AvgIpc) is 2.42. The molecule has 1 aromatic rings. The second kappa shape index (κ2) is 6.10. The second-order valence-corrected chi connectivity index (χ2v) is 4.91. The zero-order valence-corrected chi connectivity index (χ0v) is 10.9. The van der Waals surface area contributed by atoms with E-state index in [9.17, 15) is 13.6 Å². The Labute approximate surface area is 111 Å². The minimum atomic E-state index is -0.894. The molecule has 5 heteroatoms. The molecule has 1 heterocycles. The summed E-state index contributed by atoms with van der Waals surface area (Å²) < 4.78 is 26.0. The molecule has 3 nitrogen and oxygen atoms in total. The van der Waals surface area contributed by atoms with Gasteiger partial charge in [-0.2, -0.15) is 0 Å². The molecule has 0 spiro atoms.